The highest BCUT2D eigenvalue weighted by atomic mass is 16.3. The molecule has 1 amide bonds. The third-order valence-electron chi connectivity index (χ3n) is 2.75. The average molecular weight is 247 g/mol. The quantitative estimate of drug-likeness (QED) is 0.883. The lowest BCUT2D eigenvalue weighted by Crippen LogP contribution is -2.30. The third-order valence-corrected chi connectivity index (χ3v) is 2.75. The Balaban J connectivity index is 2.18. The van der Waals surface area contributed by atoms with Gasteiger partial charge in [0.05, 0.1) is 12.3 Å². The molecule has 18 heavy (non-hydrogen) atoms. The van der Waals surface area contributed by atoms with Crippen LogP contribution >= 0.6 is 0 Å². The van der Waals surface area contributed by atoms with Gasteiger partial charge in [0.25, 0.3) is 11.5 Å². The van der Waals surface area contributed by atoms with Crippen molar-refractivity contribution in [3.05, 3.63) is 52.3 Å². The lowest BCUT2D eigenvalue weighted by molar-refractivity contribution is 0.0719. The monoisotopic (exact) mass is 247 g/mol. The van der Waals surface area contributed by atoms with Gasteiger partial charge in [-0.15, -0.1) is 0 Å². The van der Waals surface area contributed by atoms with Crippen molar-refractivity contribution in [1.82, 2.24) is 15.1 Å². The highest BCUT2D eigenvalue weighted by Crippen LogP contribution is 2.20. The molecule has 6 nitrogen and oxygen atoms in total. The van der Waals surface area contributed by atoms with Crippen molar-refractivity contribution in [3.63, 3.8) is 0 Å². The number of furan rings is 1. The Bertz CT molecular complexity index is 568. The topological polar surface area (TPSA) is 79.2 Å². The van der Waals surface area contributed by atoms with Crippen molar-refractivity contribution >= 4 is 5.91 Å². The van der Waals surface area contributed by atoms with Crippen LogP contribution in [0.1, 0.15) is 29.2 Å². The predicted octanol–water partition coefficient (Wildman–Crippen LogP) is 1.20. The SMILES string of the molecule is CC(c1ccco1)N(C)C(=O)c1ccc(=O)[nH]n1. The van der Waals surface area contributed by atoms with Crippen LogP contribution in [0.3, 0.4) is 0 Å². The highest BCUT2D eigenvalue weighted by Gasteiger charge is 2.21. The lowest BCUT2D eigenvalue weighted by atomic mass is 10.2. The molecule has 2 aromatic heterocycles. The molecule has 0 aliphatic carbocycles. The zero-order valence-corrected chi connectivity index (χ0v) is 10.1. The molecule has 0 aliphatic heterocycles. The predicted molar refractivity (Wildman–Crippen MR) is 64.1 cm³/mol. The summed E-state index contributed by atoms with van der Waals surface area (Å²) in [5.74, 6) is 0.408. The van der Waals surface area contributed by atoms with Crippen LogP contribution in [0.2, 0.25) is 0 Å². The van der Waals surface area contributed by atoms with E-state index in [1.165, 1.54) is 17.0 Å². The standard InChI is InChI=1S/C12H13N3O3/c1-8(10-4-3-7-18-10)15(2)12(17)9-5-6-11(16)14-13-9/h3-8H,1-2H3,(H,14,16). The molecule has 6 heteroatoms. The maximum absolute atomic E-state index is 12.1. The van der Waals surface area contributed by atoms with Gasteiger partial charge in [-0.3, -0.25) is 9.59 Å². The fourth-order valence-electron chi connectivity index (χ4n) is 1.54. The molecule has 1 unspecified atom stereocenters. The van der Waals surface area contributed by atoms with Gasteiger partial charge >= 0.3 is 0 Å². The zero-order chi connectivity index (χ0) is 13.1. The van der Waals surface area contributed by atoms with Gasteiger partial charge in [-0.05, 0) is 25.1 Å². The van der Waals surface area contributed by atoms with Crippen molar-refractivity contribution in [1.29, 1.82) is 0 Å². The second-order valence-corrected chi connectivity index (χ2v) is 3.91. The molecule has 94 valence electrons. The van der Waals surface area contributed by atoms with Gasteiger partial charge in [-0.2, -0.15) is 5.10 Å². The van der Waals surface area contributed by atoms with Gasteiger partial charge < -0.3 is 9.32 Å². The maximum Gasteiger partial charge on any atom is 0.274 e. The van der Waals surface area contributed by atoms with Crippen LogP contribution in [0.25, 0.3) is 0 Å². The molecule has 1 atom stereocenters. The number of nitrogens with zero attached hydrogens (tertiary/aromatic N) is 2. The summed E-state index contributed by atoms with van der Waals surface area (Å²) in [7, 11) is 1.66. The van der Waals surface area contributed by atoms with Crippen LogP contribution in [-0.4, -0.2) is 28.1 Å². The molecule has 0 radical (unpaired) electrons. The number of aromatic nitrogens is 2. The summed E-state index contributed by atoms with van der Waals surface area (Å²) >= 11 is 0. The normalized spacial score (nSPS) is 12.1. The van der Waals surface area contributed by atoms with Crippen LogP contribution in [0.4, 0.5) is 0 Å². The molecule has 0 aliphatic rings. The molecule has 2 rings (SSSR count). The summed E-state index contributed by atoms with van der Waals surface area (Å²) in [4.78, 5) is 24.5. The minimum Gasteiger partial charge on any atom is -0.467 e. The van der Waals surface area contributed by atoms with E-state index in [1.807, 2.05) is 6.92 Å². The molecule has 2 heterocycles. The number of rotatable bonds is 3. The van der Waals surface area contributed by atoms with E-state index in [4.69, 9.17) is 4.42 Å². The van der Waals surface area contributed by atoms with Crippen molar-refractivity contribution < 1.29 is 9.21 Å². The molecule has 0 fully saturated rings. The minimum absolute atomic E-state index is 0.190. The molecule has 0 aromatic carbocycles. The molecular weight excluding hydrogens is 234 g/mol. The van der Waals surface area contributed by atoms with Crippen molar-refractivity contribution in [2.45, 2.75) is 13.0 Å². The number of amides is 1. The Morgan fingerprint density at radius 2 is 2.22 bits per heavy atom. The molecule has 0 saturated heterocycles. The fraction of sp³-hybridized carbons (Fsp3) is 0.250. The smallest absolute Gasteiger partial charge is 0.274 e. The van der Waals surface area contributed by atoms with E-state index in [0.29, 0.717) is 5.76 Å². The molecule has 1 N–H and O–H groups in total. The Kier molecular flexibility index (Phi) is 3.27. The van der Waals surface area contributed by atoms with E-state index in [2.05, 4.69) is 10.2 Å². The van der Waals surface area contributed by atoms with Gasteiger partial charge in [-0.1, -0.05) is 0 Å². The third kappa shape index (κ3) is 2.32. The summed E-state index contributed by atoms with van der Waals surface area (Å²) in [6, 6.07) is 6.02. The summed E-state index contributed by atoms with van der Waals surface area (Å²) in [6.45, 7) is 1.85. The summed E-state index contributed by atoms with van der Waals surface area (Å²) < 4.78 is 5.25. The first-order valence-electron chi connectivity index (χ1n) is 5.46. The van der Waals surface area contributed by atoms with Gasteiger partial charge in [0, 0.05) is 13.1 Å². The van der Waals surface area contributed by atoms with Crippen LogP contribution in [0, 0.1) is 0 Å². The largest absolute Gasteiger partial charge is 0.467 e. The number of H-pyrrole nitrogens is 1. The number of carbonyl (C=O) groups excluding carboxylic acids is 1. The van der Waals surface area contributed by atoms with Gasteiger partial charge in [-0.25, -0.2) is 5.10 Å². The van der Waals surface area contributed by atoms with Crippen molar-refractivity contribution in [3.8, 4) is 0 Å². The highest BCUT2D eigenvalue weighted by molar-refractivity contribution is 5.92. The Labute approximate surface area is 103 Å². The van der Waals surface area contributed by atoms with Crippen molar-refractivity contribution in [2.24, 2.45) is 0 Å². The minimum atomic E-state index is -0.340. The van der Waals surface area contributed by atoms with E-state index in [-0.39, 0.29) is 23.2 Å². The fourth-order valence-corrected chi connectivity index (χ4v) is 1.54. The summed E-state index contributed by atoms with van der Waals surface area (Å²) in [5, 5.41) is 5.94. The van der Waals surface area contributed by atoms with E-state index in [1.54, 1.807) is 25.4 Å². The number of aromatic amines is 1. The Hall–Kier alpha value is -2.37. The zero-order valence-electron chi connectivity index (χ0n) is 10.1. The summed E-state index contributed by atoms with van der Waals surface area (Å²) in [5.41, 5.74) is -0.149. The lowest BCUT2D eigenvalue weighted by Gasteiger charge is -2.22. The molecule has 0 bridgehead atoms. The first kappa shape index (κ1) is 12.1. The Morgan fingerprint density at radius 3 is 2.78 bits per heavy atom. The molecular formula is C12H13N3O3. The number of nitrogens with one attached hydrogen (secondary N) is 1. The maximum atomic E-state index is 12.1. The second kappa shape index (κ2) is 4.87. The van der Waals surface area contributed by atoms with Gasteiger partial charge in [0.2, 0.25) is 0 Å². The van der Waals surface area contributed by atoms with E-state index in [0.717, 1.165) is 0 Å². The van der Waals surface area contributed by atoms with Crippen LogP contribution < -0.4 is 5.56 Å². The number of hydrogen-bond acceptors (Lipinski definition) is 4. The molecule has 0 spiro atoms. The van der Waals surface area contributed by atoms with Crippen LogP contribution in [-0.2, 0) is 0 Å². The second-order valence-electron chi connectivity index (χ2n) is 3.91. The number of carbonyl (C=O) groups is 1. The first-order valence-corrected chi connectivity index (χ1v) is 5.46. The van der Waals surface area contributed by atoms with Crippen LogP contribution in [0.5, 0.6) is 0 Å². The van der Waals surface area contributed by atoms with Crippen molar-refractivity contribution in [2.75, 3.05) is 7.05 Å². The van der Waals surface area contributed by atoms with Gasteiger partial charge in [0.1, 0.15) is 11.5 Å². The average Bonchev–Trinajstić information content (AvgIpc) is 2.91. The molecule has 0 saturated carbocycles. The van der Waals surface area contributed by atoms with Crippen LogP contribution in [0.15, 0.2) is 39.7 Å². The number of hydrogen-bond donors (Lipinski definition) is 1. The Morgan fingerprint density at radius 1 is 1.44 bits per heavy atom. The first-order chi connectivity index (χ1) is 8.59. The van der Waals surface area contributed by atoms with Gasteiger partial charge in [0.15, 0.2) is 0 Å². The van der Waals surface area contributed by atoms with E-state index >= 15 is 0 Å². The van der Waals surface area contributed by atoms with E-state index in [9.17, 15) is 9.59 Å². The summed E-state index contributed by atoms with van der Waals surface area (Å²) in [6.07, 6.45) is 1.56. The van der Waals surface area contributed by atoms with E-state index < -0.39 is 0 Å². The molecule has 2 aromatic rings.